The van der Waals surface area contributed by atoms with E-state index >= 15 is 0 Å². The number of piperazine rings is 1. The molecule has 9 nitrogen and oxygen atoms in total. The number of hydrogen-bond acceptors (Lipinski definition) is 6. The number of fused-ring (bicyclic) bond motifs is 1. The van der Waals surface area contributed by atoms with E-state index in [-0.39, 0.29) is 12.3 Å². The van der Waals surface area contributed by atoms with Gasteiger partial charge >= 0.3 is 12.0 Å². The number of benzene rings is 3. The molecular weight excluding hydrogens is 523 g/mol. The Balaban J connectivity index is 1.23. The van der Waals surface area contributed by atoms with Crippen molar-refractivity contribution in [3.8, 4) is 11.1 Å². The normalized spacial score (nSPS) is 14.2. The van der Waals surface area contributed by atoms with Crippen molar-refractivity contribution >= 4 is 34.3 Å². The molecule has 1 aliphatic rings. The predicted molar refractivity (Wildman–Crippen MR) is 159 cm³/mol. The first-order valence-electron chi connectivity index (χ1n) is 13.9. The van der Waals surface area contributed by atoms with E-state index in [0.29, 0.717) is 34.4 Å². The first-order chi connectivity index (χ1) is 20.0. The quantitative estimate of drug-likeness (QED) is 0.229. The number of esters is 1. The third kappa shape index (κ3) is 6.72. The zero-order valence-electron chi connectivity index (χ0n) is 23.4. The summed E-state index contributed by atoms with van der Waals surface area (Å²) in [7, 11) is 0. The molecular formula is C31H35FN6O3. The van der Waals surface area contributed by atoms with Crippen molar-refractivity contribution in [1.29, 1.82) is 0 Å². The minimum atomic E-state index is -0.592. The van der Waals surface area contributed by atoms with E-state index in [0.717, 1.165) is 49.4 Å². The molecule has 2 amide bonds. The zero-order valence-corrected chi connectivity index (χ0v) is 23.4. The summed E-state index contributed by atoms with van der Waals surface area (Å²) in [5.74, 6) is -0.470. The van der Waals surface area contributed by atoms with Gasteiger partial charge in [0, 0.05) is 49.5 Å². The maximum absolute atomic E-state index is 13.9. The number of likely N-dealkylation sites (N-methyl/N-ethyl adjacent to an activating group) is 1. The number of anilines is 2. The summed E-state index contributed by atoms with van der Waals surface area (Å²) in [6.07, 6.45) is 0. The Morgan fingerprint density at radius 3 is 2.37 bits per heavy atom. The summed E-state index contributed by atoms with van der Waals surface area (Å²) < 4.78 is 19.0. The molecule has 41 heavy (non-hydrogen) atoms. The second-order valence-electron chi connectivity index (χ2n) is 10.0. The minimum absolute atomic E-state index is 0.249. The second-order valence-corrected chi connectivity index (χ2v) is 10.0. The number of amides is 2. The Bertz CT molecular complexity index is 1530. The van der Waals surface area contributed by atoms with Gasteiger partial charge in [0.1, 0.15) is 6.67 Å². The highest BCUT2D eigenvalue weighted by molar-refractivity contribution is 6.03. The van der Waals surface area contributed by atoms with Crippen molar-refractivity contribution in [3.05, 3.63) is 77.5 Å². The Kier molecular flexibility index (Phi) is 8.91. The topological polar surface area (TPSA) is 103 Å². The number of aromatic amines is 1. The molecule has 3 aromatic carbocycles. The van der Waals surface area contributed by atoms with Crippen molar-refractivity contribution in [1.82, 2.24) is 20.0 Å². The summed E-state index contributed by atoms with van der Waals surface area (Å²) in [6, 6.07) is 18.1. The van der Waals surface area contributed by atoms with E-state index in [1.807, 2.05) is 48.5 Å². The smallest absolute Gasteiger partial charge is 0.359 e. The molecule has 0 saturated carbocycles. The van der Waals surface area contributed by atoms with Gasteiger partial charge in [0.15, 0.2) is 5.69 Å². The first-order valence-corrected chi connectivity index (χ1v) is 13.9. The lowest BCUT2D eigenvalue weighted by Crippen LogP contribution is -2.45. The van der Waals surface area contributed by atoms with Crippen molar-refractivity contribution in [2.24, 2.45) is 0 Å². The van der Waals surface area contributed by atoms with Crippen LogP contribution in [0.25, 0.3) is 22.0 Å². The number of halogens is 1. The fraction of sp³-hybridized carbons (Fsp3) is 0.323. The number of alkyl halides is 1. The van der Waals surface area contributed by atoms with Gasteiger partial charge in [0.2, 0.25) is 0 Å². The van der Waals surface area contributed by atoms with Crippen molar-refractivity contribution in [3.63, 3.8) is 0 Å². The van der Waals surface area contributed by atoms with Crippen LogP contribution in [0, 0.1) is 0 Å². The van der Waals surface area contributed by atoms with E-state index < -0.39 is 18.7 Å². The highest BCUT2D eigenvalue weighted by Crippen LogP contribution is 2.27. The van der Waals surface area contributed by atoms with Crippen molar-refractivity contribution < 1.29 is 18.7 Å². The summed E-state index contributed by atoms with van der Waals surface area (Å²) in [4.78, 5) is 29.7. The van der Waals surface area contributed by atoms with Gasteiger partial charge in [0.05, 0.1) is 12.1 Å². The Labute approximate surface area is 238 Å². The lowest BCUT2D eigenvalue weighted by molar-refractivity contribution is 0.0521. The van der Waals surface area contributed by atoms with Crippen LogP contribution in [0.4, 0.5) is 20.6 Å². The molecule has 0 unspecified atom stereocenters. The lowest BCUT2D eigenvalue weighted by atomic mass is 10.0. The molecule has 0 radical (unpaired) electrons. The standard InChI is InChI=1S/C31H35FN6O3/c1-3-37-12-14-38(15-13-37)20-23-8-10-26(17-24(23)19-32)34-31(40)33-25-7-5-6-21(16-25)22-9-11-27-28(18-22)35-36-29(27)30(39)41-4-2/h5-11,16-18H,3-4,12-15,19-20H2,1-2H3,(H,35,36)(H2,33,34,40). The van der Waals surface area contributed by atoms with E-state index in [2.05, 4.69) is 37.6 Å². The lowest BCUT2D eigenvalue weighted by Gasteiger charge is -2.34. The van der Waals surface area contributed by atoms with Crippen LogP contribution >= 0.6 is 0 Å². The van der Waals surface area contributed by atoms with Crippen LogP contribution in [-0.2, 0) is 18.0 Å². The van der Waals surface area contributed by atoms with E-state index in [4.69, 9.17) is 4.74 Å². The number of carbonyl (C=O) groups excluding carboxylic acids is 2. The molecule has 1 fully saturated rings. The van der Waals surface area contributed by atoms with Gasteiger partial charge in [-0.25, -0.2) is 14.0 Å². The van der Waals surface area contributed by atoms with Gasteiger partial charge in [-0.1, -0.05) is 31.2 Å². The molecule has 0 bridgehead atoms. The molecule has 4 aromatic rings. The Morgan fingerprint density at radius 2 is 1.63 bits per heavy atom. The van der Waals surface area contributed by atoms with E-state index in [1.165, 1.54) is 0 Å². The third-order valence-corrected chi connectivity index (χ3v) is 7.40. The van der Waals surface area contributed by atoms with E-state index in [9.17, 15) is 14.0 Å². The average Bonchev–Trinajstić information content (AvgIpc) is 3.42. The molecule has 0 atom stereocenters. The highest BCUT2D eigenvalue weighted by Gasteiger charge is 2.18. The number of urea groups is 1. The van der Waals surface area contributed by atoms with Gasteiger partial charge in [-0.2, -0.15) is 5.10 Å². The average molecular weight is 559 g/mol. The molecule has 0 aliphatic carbocycles. The summed E-state index contributed by atoms with van der Waals surface area (Å²) in [5.41, 5.74) is 5.39. The predicted octanol–water partition coefficient (Wildman–Crippen LogP) is 5.66. The molecule has 3 N–H and O–H groups in total. The number of aromatic nitrogens is 2. The van der Waals surface area contributed by atoms with Crippen molar-refractivity contribution in [2.45, 2.75) is 27.1 Å². The zero-order chi connectivity index (χ0) is 28.8. The van der Waals surface area contributed by atoms with Crippen LogP contribution in [0.15, 0.2) is 60.7 Å². The molecule has 214 valence electrons. The van der Waals surface area contributed by atoms with Crippen molar-refractivity contribution in [2.75, 3.05) is 50.0 Å². The maximum Gasteiger partial charge on any atom is 0.359 e. The van der Waals surface area contributed by atoms with Crippen LogP contribution in [0.1, 0.15) is 35.5 Å². The van der Waals surface area contributed by atoms with Crippen LogP contribution < -0.4 is 10.6 Å². The van der Waals surface area contributed by atoms with Gasteiger partial charge in [-0.3, -0.25) is 10.00 Å². The minimum Gasteiger partial charge on any atom is -0.461 e. The molecule has 1 aliphatic heterocycles. The molecule has 0 spiro atoms. The third-order valence-electron chi connectivity index (χ3n) is 7.40. The van der Waals surface area contributed by atoms with Crippen LogP contribution in [0.2, 0.25) is 0 Å². The second kappa shape index (κ2) is 12.9. The van der Waals surface area contributed by atoms with Gasteiger partial charge in [-0.15, -0.1) is 0 Å². The largest absolute Gasteiger partial charge is 0.461 e. The van der Waals surface area contributed by atoms with Crippen LogP contribution in [0.3, 0.4) is 0 Å². The number of carbonyl (C=O) groups is 2. The summed E-state index contributed by atoms with van der Waals surface area (Å²) in [6.45, 7) is 9.33. The fourth-order valence-electron chi connectivity index (χ4n) is 5.11. The number of H-pyrrole nitrogens is 1. The number of hydrogen-bond donors (Lipinski definition) is 3. The Hall–Kier alpha value is -4.28. The molecule has 10 heteroatoms. The highest BCUT2D eigenvalue weighted by atomic mass is 19.1. The van der Waals surface area contributed by atoms with Crippen LogP contribution in [-0.4, -0.2) is 71.3 Å². The first kappa shape index (κ1) is 28.3. The van der Waals surface area contributed by atoms with Gasteiger partial charge in [0.25, 0.3) is 0 Å². The molecule has 5 rings (SSSR count). The number of nitrogens with one attached hydrogen (secondary N) is 3. The summed E-state index contributed by atoms with van der Waals surface area (Å²) in [5, 5.41) is 13.4. The van der Waals surface area contributed by atoms with E-state index in [1.54, 1.807) is 19.1 Å². The Morgan fingerprint density at radius 1 is 0.902 bits per heavy atom. The monoisotopic (exact) mass is 558 g/mol. The molecule has 1 aromatic heterocycles. The number of rotatable bonds is 9. The number of ether oxygens (including phenoxy) is 1. The summed E-state index contributed by atoms with van der Waals surface area (Å²) >= 11 is 0. The fourth-order valence-corrected chi connectivity index (χ4v) is 5.11. The molecule has 2 heterocycles. The molecule has 1 saturated heterocycles. The van der Waals surface area contributed by atoms with Gasteiger partial charge in [-0.05, 0) is 72.1 Å². The number of nitrogens with zero attached hydrogens (tertiary/aromatic N) is 3. The van der Waals surface area contributed by atoms with Gasteiger partial charge < -0.3 is 20.3 Å². The van der Waals surface area contributed by atoms with Crippen LogP contribution in [0.5, 0.6) is 0 Å². The maximum atomic E-state index is 13.9. The SMILES string of the molecule is CCOC(=O)c1n[nH]c2cc(-c3cccc(NC(=O)Nc4ccc(CN5CCN(CC)CC5)c(CF)c4)c3)ccc12.